The van der Waals surface area contributed by atoms with Gasteiger partial charge in [-0.15, -0.1) is 11.3 Å². The number of carboxylic acids is 1. The predicted octanol–water partition coefficient (Wildman–Crippen LogP) is 4.21. The fourth-order valence-electron chi connectivity index (χ4n) is 2.14. The normalized spacial score (nSPS) is 11.0. The lowest BCUT2D eigenvalue weighted by Gasteiger charge is -2.07. The number of hydrogen-bond acceptors (Lipinski definition) is 2. The van der Waals surface area contributed by atoms with Crippen LogP contribution in [0, 0.1) is 0 Å². The Labute approximate surface area is 122 Å². The summed E-state index contributed by atoms with van der Waals surface area (Å²) in [5.74, 6) is -0.899. The second kappa shape index (κ2) is 4.83. The van der Waals surface area contributed by atoms with Crippen LogP contribution in [0.1, 0.15) is 15.4 Å². The summed E-state index contributed by atoms with van der Waals surface area (Å²) < 4.78 is 2.86. The number of fused-ring (bicyclic) bond motifs is 1. The number of hydrogen-bond donors (Lipinski definition) is 1. The average Bonchev–Trinajstić information content (AvgIpc) is 2.95. The number of rotatable bonds is 3. The number of nitrogens with zero attached hydrogens (tertiary/aromatic N) is 1. The van der Waals surface area contributed by atoms with Crippen LogP contribution in [0.4, 0.5) is 0 Å². The van der Waals surface area contributed by atoms with E-state index in [0.29, 0.717) is 12.2 Å². The molecule has 0 amide bonds. The zero-order valence-electron chi connectivity index (χ0n) is 9.84. The van der Waals surface area contributed by atoms with Crippen LogP contribution in [0.2, 0.25) is 0 Å². The lowest BCUT2D eigenvalue weighted by Crippen LogP contribution is -2.08. The molecule has 0 radical (unpaired) electrons. The van der Waals surface area contributed by atoms with Gasteiger partial charge in [0.25, 0.3) is 0 Å². The quantitative estimate of drug-likeness (QED) is 0.778. The molecule has 2 aromatic heterocycles. The topological polar surface area (TPSA) is 42.2 Å². The molecule has 5 heteroatoms. The van der Waals surface area contributed by atoms with Crippen molar-refractivity contribution in [3.8, 4) is 0 Å². The van der Waals surface area contributed by atoms with E-state index in [0.717, 1.165) is 20.3 Å². The summed E-state index contributed by atoms with van der Waals surface area (Å²) in [5.41, 5.74) is 1.27. The largest absolute Gasteiger partial charge is 0.477 e. The number of benzene rings is 1. The maximum absolute atomic E-state index is 11.4. The molecule has 0 atom stereocenters. The molecule has 0 aliphatic rings. The van der Waals surface area contributed by atoms with E-state index in [4.69, 9.17) is 0 Å². The maximum Gasteiger partial charge on any atom is 0.352 e. The van der Waals surface area contributed by atoms with Gasteiger partial charge in [0.1, 0.15) is 5.69 Å². The van der Waals surface area contributed by atoms with E-state index in [1.165, 1.54) is 0 Å². The first-order valence-electron chi connectivity index (χ1n) is 5.70. The summed E-state index contributed by atoms with van der Waals surface area (Å²) in [6, 6.07) is 11.4. The Balaban J connectivity index is 2.18. The monoisotopic (exact) mass is 335 g/mol. The SMILES string of the molecule is O=C(O)c1cc2ccccc2n1Cc1sccc1Br. The molecule has 0 spiro atoms. The standard InChI is InChI=1S/C14H10BrNO2S/c15-10-5-6-19-13(10)8-16-11-4-2-1-3-9(11)7-12(16)14(17)18/h1-7H,8H2,(H,17,18). The van der Waals surface area contributed by atoms with Gasteiger partial charge in [0.05, 0.1) is 6.54 Å². The van der Waals surface area contributed by atoms with Crippen molar-refractivity contribution in [1.29, 1.82) is 0 Å². The number of thiophene rings is 1. The fraction of sp³-hybridized carbons (Fsp3) is 0.0714. The predicted molar refractivity (Wildman–Crippen MR) is 80.0 cm³/mol. The Hall–Kier alpha value is -1.59. The minimum Gasteiger partial charge on any atom is -0.477 e. The van der Waals surface area contributed by atoms with E-state index in [9.17, 15) is 9.90 Å². The van der Waals surface area contributed by atoms with Crippen molar-refractivity contribution in [3.63, 3.8) is 0 Å². The molecular formula is C14H10BrNO2S. The number of para-hydroxylation sites is 1. The third-order valence-corrected chi connectivity index (χ3v) is 4.93. The Morgan fingerprint density at radius 2 is 2.11 bits per heavy atom. The molecule has 2 heterocycles. The number of aromatic carboxylic acids is 1. The molecule has 0 saturated carbocycles. The van der Waals surface area contributed by atoms with Gasteiger partial charge < -0.3 is 9.67 Å². The average molecular weight is 336 g/mol. The number of halogens is 1. The van der Waals surface area contributed by atoms with Gasteiger partial charge in [-0.1, -0.05) is 18.2 Å². The molecule has 3 nitrogen and oxygen atoms in total. The summed E-state index contributed by atoms with van der Waals surface area (Å²) in [7, 11) is 0. The third kappa shape index (κ3) is 2.19. The number of carboxylic acid groups (broad SMARTS) is 1. The van der Waals surface area contributed by atoms with E-state index in [2.05, 4.69) is 15.9 Å². The van der Waals surface area contributed by atoms with Gasteiger partial charge in [0, 0.05) is 20.3 Å². The second-order valence-corrected chi connectivity index (χ2v) is 6.03. The van der Waals surface area contributed by atoms with Crippen molar-refractivity contribution in [1.82, 2.24) is 4.57 Å². The van der Waals surface area contributed by atoms with Gasteiger partial charge in [-0.05, 0) is 39.5 Å². The van der Waals surface area contributed by atoms with Crippen molar-refractivity contribution in [2.75, 3.05) is 0 Å². The molecule has 0 fully saturated rings. The first-order valence-corrected chi connectivity index (χ1v) is 7.37. The van der Waals surface area contributed by atoms with Gasteiger partial charge in [-0.2, -0.15) is 0 Å². The lowest BCUT2D eigenvalue weighted by atomic mass is 10.2. The highest BCUT2D eigenvalue weighted by Gasteiger charge is 2.15. The molecule has 0 bridgehead atoms. The first kappa shape index (κ1) is 12.4. The third-order valence-electron chi connectivity index (χ3n) is 3.02. The lowest BCUT2D eigenvalue weighted by molar-refractivity contribution is 0.0686. The highest BCUT2D eigenvalue weighted by Crippen LogP contribution is 2.27. The molecule has 1 N–H and O–H groups in total. The number of aromatic nitrogens is 1. The fourth-order valence-corrected chi connectivity index (χ4v) is 3.60. The molecule has 3 rings (SSSR count). The highest BCUT2D eigenvalue weighted by molar-refractivity contribution is 9.10. The number of carbonyl (C=O) groups is 1. The van der Waals surface area contributed by atoms with Crippen molar-refractivity contribution < 1.29 is 9.90 Å². The van der Waals surface area contributed by atoms with Crippen LogP contribution in [-0.2, 0) is 6.54 Å². The van der Waals surface area contributed by atoms with Crippen LogP contribution < -0.4 is 0 Å². The van der Waals surface area contributed by atoms with Crippen LogP contribution in [0.5, 0.6) is 0 Å². The van der Waals surface area contributed by atoms with Gasteiger partial charge >= 0.3 is 5.97 Å². The summed E-state index contributed by atoms with van der Waals surface area (Å²) in [4.78, 5) is 12.5. The van der Waals surface area contributed by atoms with Crippen LogP contribution >= 0.6 is 27.3 Å². The minimum absolute atomic E-state index is 0.321. The molecule has 0 aliphatic heterocycles. The van der Waals surface area contributed by atoms with E-state index in [-0.39, 0.29) is 0 Å². The zero-order chi connectivity index (χ0) is 13.4. The van der Waals surface area contributed by atoms with Crippen molar-refractivity contribution >= 4 is 44.1 Å². The molecular weight excluding hydrogens is 326 g/mol. The second-order valence-electron chi connectivity index (χ2n) is 4.17. The van der Waals surface area contributed by atoms with Gasteiger partial charge in [0.15, 0.2) is 0 Å². The van der Waals surface area contributed by atoms with Gasteiger partial charge in [0.2, 0.25) is 0 Å². The van der Waals surface area contributed by atoms with Crippen LogP contribution in [0.15, 0.2) is 46.3 Å². The molecule has 0 saturated heterocycles. The maximum atomic E-state index is 11.4. The molecule has 96 valence electrons. The highest BCUT2D eigenvalue weighted by atomic mass is 79.9. The molecule has 0 unspecified atom stereocenters. The Morgan fingerprint density at radius 3 is 2.79 bits per heavy atom. The van der Waals surface area contributed by atoms with E-state index in [1.807, 2.05) is 40.3 Å². The van der Waals surface area contributed by atoms with E-state index < -0.39 is 5.97 Å². The van der Waals surface area contributed by atoms with Crippen molar-refractivity contribution in [2.24, 2.45) is 0 Å². The minimum atomic E-state index is -0.899. The smallest absolute Gasteiger partial charge is 0.352 e. The summed E-state index contributed by atoms with van der Waals surface area (Å²) >= 11 is 5.10. The summed E-state index contributed by atoms with van der Waals surface area (Å²) in [5, 5.41) is 12.3. The molecule has 3 aromatic rings. The van der Waals surface area contributed by atoms with Crippen molar-refractivity contribution in [2.45, 2.75) is 6.54 Å². The Morgan fingerprint density at radius 1 is 1.32 bits per heavy atom. The van der Waals surface area contributed by atoms with E-state index >= 15 is 0 Å². The van der Waals surface area contributed by atoms with Crippen LogP contribution in [0.3, 0.4) is 0 Å². The zero-order valence-corrected chi connectivity index (χ0v) is 12.2. The molecule has 1 aromatic carbocycles. The van der Waals surface area contributed by atoms with Gasteiger partial charge in [-0.3, -0.25) is 0 Å². The van der Waals surface area contributed by atoms with E-state index in [1.54, 1.807) is 17.4 Å². The summed E-state index contributed by atoms with van der Waals surface area (Å²) in [6.45, 7) is 0.563. The Kier molecular flexibility index (Phi) is 3.16. The first-order chi connectivity index (χ1) is 9.16. The van der Waals surface area contributed by atoms with Crippen LogP contribution in [-0.4, -0.2) is 15.6 Å². The Bertz CT molecular complexity index is 760. The van der Waals surface area contributed by atoms with Crippen molar-refractivity contribution in [3.05, 3.63) is 56.8 Å². The van der Waals surface area contributed by atoms with Gasteiger partial charge in [-0.25, -0.2) is 4.79 Å². The molecule has 19 heavy (non-hydrogen) atoms. The molecule has 0 aliphatic carbocycles. The summed E-state index contributed by atoms with van der Waals surface area (Å²) in [6.07, 6.45) is 0. The van der Waals surface area contributed by atoms with Crippen LogP contribution in [0.25, 0.3) is 10.9 Å².